The Morgan fingerprint density at radius 3 is 2.59 bits per heavy atom. The molecule has 2 rings (SSSR count). The third kappa shape index (κ3) is 5.88. The molecule has 0 aromatic rings. The second-order valence-electron chi connectivity index (χ2n) is 7.51. The fourth-order valence-corrected chi connectivity index (χ4v) is 3.42. The standard InChI is InChI=1S/C18H32N4O5/c1-12(17(19)25)3-6-16(24)22(18(26)21-7-9-27-10-8-21)14-5-4-13(2)20-11-15(14)23/h12-15,20,23H,3-11H2,1-2H3,(H2,19,25)/t12-,13+,14-,15-/m0/s1. The lowest BCUT2D eigenvalue weighted by atomic mass is 10.0. The van der Waals surface area contributed by atoms with Crippen molar-refractivity contribution in [2.24, 2.45) is 11.7 Å². The number of imide groups is 1. The molecule has 154 valence electrons. The Morgan fingerprint density at radius 2 is 1.96 bits per heavy atom. The van der Waals surface area contributed by atoms with E-state index < -0.39 is 30.0 Å². The zero-order chi connectivity index (χ0) is 20.0. The summed E-state index contributed by atoms with van der Waals surface area (Å²) in [5, 5.41) is 13.8. The monoisotopic (exact) mass is 384 g/mol. The number of carbonyl (C=O) groups is 3. The fraction of sp³-hybridized carbons (Fsp3) is 0.833. The molecule has 0 radical (unpaired) electrons. The second-order valence-corrected chi connectivity index (χ2v) is 7.51. The van der Waals surface area contributed by atoms with Crippen LogP contribution in [0, 0.1) is 5.92 Å². The van der Waals surface area contributed by atoms with Crippen LogP contribution >= 0.6 is 0 Å². The molecule has 2 saturated heterocycles. The average molecular weight is 384 g/mol. The summed E-state index contributed by atoms with van der Waals surface area (Å²) in [4.78, 5) is 40.1. The number of hydrogen-bond acceptors (Lipinski definition) is 6. The molecule has 0 aromatic heterocycles. The van der Waals surface area contributed by atoms with Gasteiger partial charge in [-0.05, 0) is 26.2 Å². The van der Waals surface area contributed by atoms with Crippen molar-refractivity contribution in [1.29, 1.82) is 0 Å². The molecule has 2 heterocycles. The summed E-state index contributed by atoms with van der Waals surface area (Å²) in [6.07, 6.45) is 0.755. The van der Waals surface area contributed by atoms with Crippen molar-refractivity contribution in [3.05, 3.63) is 0 Å². The first-order chi connectivity index (χ1) is 12.8. The number of ether oxygens (including phenoxy) is 1. The van der Waals surface area contributed by atoms with Crippen molar-refractivity contribution >= 4 is 17.8 Å². The lowest BCUT2D eigenvalue weighted by Gasteiger charge is -2.37. The molecule has 0 unspecified atom stereocenters. The molecule has 0 aliphatic carbocycles. The minimum Gasteiger partial charge on any atom is -0.390 e. The molecule has 9 heteroatoms. The van der Waals surface area contributed by atoms with E-state index in [1.54, 1.807) is 11.8 Å². The predicted octanol–water partition coefficient (Wildman–Crippen LogP) is -0.330. The van der Waals surface area contributed by atoms with Crippen LogP contribution in [-0.4, -0.2) is 83.8 Å². The molecule has 0 spiro atoms. The summed E-state index contributed by atoms with van der Waals surface area (Å²) in [6.45, 7) is 5.69. The van der Waals surface area contributed by atoms with E-state index in [1.807, 2.05) is 6.92 Å². The van der Waals surface area contributed by atoms with Gasteiger partial charge >= 0.3 is 6.03 Å². The average Bonchev–Trinajstić information content (AvgIpc) is 2.82. The Balaban J connectivity index is 2.17. The van der Waals surface area contributed by atoms with E-state index >= 15 is 0 Å². The molecule has 4 N–H and O–H groups in total. The first-order valence-electron chi connectivity index (χ1n) is 9.70. The fourth-order valence-electron chi connectivity index (χ4n) is 3.42. The SMILES string of the molecule is C[C@@H]1CC[C@H](N(C(=O)CC[C@H](C)C(N)=O)C(=O)N2CCOCC2)[C@@H](O)CN1. The highest BCUT2D eigenvalue weighted by molar-refractivity contribution is 5.95. The molecular weight excluding hydrogens is 352 g/mol. The largest absolute Gasteiger partial charge is 0.390 e. The van der Waals surface area contributed by atoms with E-state index in [2.05, 4.69) is 5.32 Å². The summed E-state index contributed by atoms with van der Waals surface area (Å²) in [6, 6.07) is -0.780. The van der Waals surface area contributed by atoms with Gasteiger partial charge in [-0.2, -0.15) is 0 Å². The lowest BCUT2D eigenvalue weighted by Crippen LogP contribution is -2.57. The van der Waals surface area contributed by atoms with Gasteiger partial charge in [0.25, 0.3) is 0 Å². The quantitative estimate of drug-likeness (QED) is 0.596. The second kappa shape index (κ2) is 10.0. The molecule has 0 saturated carbocycles. The normalized spacial score (nSPS) is 27.5. The van der Waals surface area contributed by atoms with E-state index in [1.165, 1.54) is 4.90 Å². The lowest BCUT2D eigenvalue weighted by molar-refractivity contribution is -0.133. The maximum atomic E-state index is 13.1. The summed E-state index contributed by atoms with van der Waals surface area (Å²) in [5.74, 6) is -1.30. The maximum Gasteiger partial charge on any atom is 0.327 e. The van der Waals surface area contributed by atoms with Crippen molar-refractivity contribution in [2.45, 2.75) is 57.7 Å². The van der Waals surface area contributed by atoms with Gasteiger partial charge in [0.05, 0.1) is 25.4 Å². The van der Waals surface area contributed by atoms with E-state index in [-0.39, 0.29) is 24.8 Å². The summed E-state index contributed by atoms with van der Waals surface area (Å²) < 4.78 is 5.29. The van der Waals surface area contributed by atoms with Gasteiger partial charge in [0, 0.05) is 38.0 Å². The summed E-state index contributed by atoms with van der Waals surface area (Å²) in [7, 11) is 0. The van der Waals surface area contributed by atoms with E-state index in [9.17, 15) is 19.5 Å². The molecule has 0 aromatic carbocycles. The van der Waals surface area contributed by atoms with Crippen molar-refractivity contribution in [3.63, 3.8) is 0 Å². The van der Waals surface area contributed by atoms with Crippen LogP contribution < -0.4 is 11.1 Å². The van der Waals surface area contributed by atoms with Crippen LogP contribution in [0.3, 0.4) is 0 Å². The number of aliphatic hydroxyl groups excluding tert-OH is 1. The first kappa shape index (κ1) is 21.6. The topological polar surface area (TPSA) is 125 Å². The Labute approximate surface area is 160 Å². The van der Waals surface area contributed by atoms with Crippen LogP contribution in [-0.2, 0) is 14.3 Å². The van der Waals surface area contributed by atoms with Gasteiger partial charge in [-0.25, -0.2) is 4.79 Å². The van der Waals surface area contributed by atoms with Crippen LogP contribution in [0.25, 0.3) is 0 Å². The van der Waals surface area contributed by atoms with Crippen molar-refractivity contribution in [2.75, 3.05) is 32.8 Å². The molecule has 0 bridgehead atoms. The van der Waals surface area contributed by atoms with Gasteiger partial charge in [0.1, 0.15) is 0 Å². The minimum absolute atomic E-state index is 0.0341. The third-order valence-electron chi connectivity index (χ3n) is 5.38. The number of nitrogens with two attached hydrogens (primary N) is 1. The van der Waals surface area contributed by atoms with Crippen LogP contribution in [0.15, 0.2) is 0 Å². The van der Waals surface area contributed by atoms with Crippen LogP contribution in [0.4, 0.5) is 4.79 Å². The van der Waals surface area contributed by atoms with Gasteiger partial charge in [-0.15, -0.1) is 0 Å². The van der Waals surface area contributed by atoms with Crippen LogP contribution in [0.1, 0.15) is 39.5 Å². The number of aliphatic hydroxyl groups is 1. The van der Waals surface area contributed by atoms with E-state index in [0.717, 1.165) is 6.42 Å². The highest BCUT2D eigenvalue weighted by Crippen LogP contribution is 2.21. The number of amides is 4. The van der Waals surface area contributed by atoms with Crippen molar-refractivity contribution < 1.29 is 24.2 Å². The number of carbonyl (C=O) groups excluding carboxylic acids is 3. The number of primary amides is 1. The van der Waals surface area contributed by atoms with Gasteiger partial charge in [-0.3, -0.25) is 14.5 Å². The number of morpholine rings is 1. The number of hydrogen-bond donors (Lipinski definition) is 3. The zero-order valence-corrected chi connectivity index (χ0v) is 16.2. The Morgan fingerprint density at radius 1 is 1.30 bits per heavy atom. The molecular formula is C18H32N4O5. The number of rotatable bonds is 5. The van der Waals surface area contributed by atoms with Gasteiger partial charge in [-0.1, -0.05) is 6.92 Å². The highest BCUT2D eigenvalue weighted by atomic mass is 16.5. The smallest absolute Gasteiger partial charge is 0.327 e. The van der Waals surface area contributed by atoms with Gasteiger partial charge in [0.2, 0.25) is 11.8 Å². The molecule has 4 amide bonds. The predicted molar refractivity (Wildman–Crippen MR) is 98.7 cm³/mol. The highest BCUT2D eigenvalue weighted by Gasteiger charge is 2.38. The van der Waals surface area contributed by atoms with E-state index in [4.69, 9.17) is 10.5 Å². The zero-order valence-electron chi connectivity index (χ0n) is 16.2. The maximum absolute atomic E-state index is 13.1. The summed E-state index contributed by atoms with van der Waals surface area (Å²) >= 11 is 0. The summed E-state index contributed by atoms with van der Waals surface area (Å²) in [5.41, 5.74) is 5.27. The molecule has 27 heavy (non-hydrogen) atoms. The number of nitrogens with one attached hydrogen (secondary N) is 1. The first-order valence-corrected chi connectivity index (χ1v) is 9.70. The molecule has 2 aliphatic rings. The van der Waals surface area contributed by atoms with Crippen LogP contribution in [0.2, 0.25) is 0 Å². The molecule has 2 fully saturated rings. The van der Waals surface area contributed by atoms with Crippen molar-refractivity contribution in [1.82, 2.24) is 15.1 Å². The van der Waals surface area contributed by atoms with Gasteiger partial charge < -0.3 is 25.8 Å². The number of nitrogens with zero attached hydrogens (tertiary/aromatic N) is 2. The van der Waals surface area contributed by atoms with Crippen molar-refractivity contribution in [3.8, 4) is 0 Å². The molecule has 9 nitrogen and oxygen atoms in total. The Hall–Kier alpha value is -1.71. The minimum atomic E-state index is -0.836. The van der Waals surface area contributed by atoms with Gasteiger partial charge in [0.15, 0.2) is 0 Å². The van der Waals surface area contributed by atoms with E-state index in [0.29, 0.717) is 39.3 Å². The molecule has 2 aliphatic heterocycles. The molecule has 4 atom stereocenters. The number of β-amino-alcohol motifs (C(OH)–C–C–N with tert-alkyl or cyclic N) is 1. The Bertz CT molecular complexity index is 538. The Kier molecular flexibility index (Phi) is 8.00. The third-order valence-corrected chi connectivity index (χ3v) is 5.38. The number of urea groups is 1. The van der Waals surface area contributed by atoms with Crippen LogP contribution in [0.5, 0.6) is 0 Å².